The van der Waals surface area contributed by atoms with E-state index in [1.165, 1.54) is 0 Å². The van der Waals surface area contributed by atoms with E-state index in [4.69, 9.17) is 10.5 Å². The number of hydrogen-bond donors (Lipinski definition) is 1. The lowest BCUT2D eigenvalue weighted by Crippen LogP contribution is -1.97. The van der Waals surface area contributed by atoms with Crippen LogP contribution in [0.2, 0.25) is 0 Å². The third kappa shape index (κ3) is 2.02. The summed E-state index contributed by atoms with van der Waals surface area (Å²) in [5, 5.41) is 4.41. The van der Waals surface area contributed by atoms with Crippen LogP contribution in [0, 0.1) is 6.92 Å². The number of nitrogens with zero attached hydrogens (tertiary/aromatic N) is 2. The highest BCUT2D eigenvalue weighted by Gasteiger charge is 2.12. The smallest absolute Gasteiger partial charge is 0.133 e. The molecule has 1 aromatic heterocycles. The SMILES string of the molecule is COc1ccc(-c2nn(C)c(N)c2C)cc1Br. The predicted molar refractivity (Wildman–Crippen MR) is 72.0 cm³/mol. The zero-order valence-corrected chi connectivity index (χ0v) is 11.6. The van der Waals surface area contributed by atoms with Gasteiger partial charge in [0.1, 0.15) is 11.6 Å². The van der Waals surface area contributed by atoms with Crippen molar-refractivity contribution < 1.29 is 4.74 Å². The number of nitrogen functional groups attached to an aromatic ring is 1. The molecule has 0 radical (unpaired) electrons. The van der Waals surface area contributed by atoms with Crippen molar-refractivity contribution in [2.75, 3.05) is 12.8 Å². The van der Waals surface area contributed by atoms with E-state index in [-0.39, 0.29) is 0 Å². The quantitative estimate of drug-likeness (QED) is 0.927. The number of ether oxygens (including phenoxy) is 1. The second-order valence-corrected chi connectivity index (χ2v) is 4.69. The molecule has 0 saturated carbocycles. The molecule has 2 N–H and O–H groups in total. The van der Waals surface area contributed by atoms with Crippen molar-refractivity contribution in [1.29, 1.82) is 0 Å². The standard InChI is InChI=1S/C12H14BrN3O/c1-7-11(15-16(2)12(7)14)8-4-5-10(17-3)9(13)6-8/h4-6H,14H2,1-3H3. The van der Waals surface area contributed by atoms with Gasteiger partial charge in [0, 0.05) is 18.2 Å². The Labute approximate surface area is 109 Å². The molecule has 0 aliphatic heterocycles. The molecule has 90 valence electrons. The van der Waals surface area contributed by atoms with E-state index < -0.39 is 0 Å². The largest absolute Gasteiger partial charge is 0.496 e. The van der Waals surface area contributed by atoms with Crippen molar-refractivity contribution >= 4 is 21.7 Å². The molecule has 1 aromatic carbocycles. The molecular weight excluding hydrogens is 282 g/mol. The molecule has 17 heavy (non-hydrogen) atoms. The van der Waals surface area contributed by atoms with Gasteiger partial charge in [-0.25, -0.2) is 0 Å². The molecule has 0 fully saturated rings. The van der Waals surface area contributed by atoms with Crippen LogP contribution in [0.1, 0.15) is 5.56 Å². The highest BCUT2D eigenvalue weighted by molar-refractivity contribution is 9.10. The first kappa shape index (κ1) is 12.0. The van der Waals surface area contributed by atoms with E-state index in [0.717, 1.165) is 27.0 Å². The van der Waals surface area contributed by atoms with Crippen molar-refractivity contribution in [1.82, 2.24) is 9.78 Å². The first-order chi connectivity index (χ1) is 8.04. The van der Waals surface area contributed by atoms with Gasteiger partial charge in [-0.2, -0.15) is 5.10 Å². The number of rotatable bonds is 2. The van der Waals surface area contributed by atoms with Gasteiger partial charge in [0.05, 0.1) is 17.3 Å². The van der Waals surface area contributed by atoms with Crippen LogP contribution in [0.25, 0.3) is 11.3 Å². The van der Waals surface area contributed by atoms with E-state index in [2.05, 4.69) is 21.0 Å². The molecule has 2 rings (SSSR count). The second-order valence-electron chi connectivity index (χ2n) is 3.83. The second kappa shape index (κ2) is 4.41. The number of aryl methyl sites for hydroxylation is 1. The number of aromatic nitrogens is 2. The molecule has 0 atom stereocenters. The van der Waals surface area contributed by atoms with Gasteiger partial charge in [0.25, 0.3) is 0 Å². The van der Waals surface area contributed by atoms with Gasteiger partial charge in [0.2, 0.25) is 0 Å². The summed E-state index contributed by atoms with van der Waals surface area (Å²) < 4.78 is 7.78. The van der Waals surface area contributed by atoms with Crippen LogP contribution in [0.5, 0.6) is 5.75 Å². The average Bonchev–Trinajstić information content (AvgIpc) is 2.57. The zero-order chi connectivity index (χ0) is 12.6. The van der Waals surface area contributed by atoms with E-state index in [0.29, 0.717) is 5.82 Å². The van der Waals surface area contributed by atoms with Gasteiger partial charge in [0.15, 0.2) is 0 Å². The fourth-order valence-electron chi connectivity index (χ4n) is 1.73. The highest BCUT2D eigenvalue weighted by atomic mass is 79.9. The predicted octanol–water partition coefficient (Wildman–Crippen LogP) is 2.75. The average molecular weight is 296 g/mol. The van der Waals surface area contributed by atoms with Crippen LogP contribution in [0.15, 0.2) is 22.7 Å². The number of nitrogens with two attached hydrogens (primary N) is 1. The van der Waals surface area contributed by atoms with Gasteiger partial charge >= 0.3 is 0 Å². The molecule has 0 amide bonds. The lowest BCUT2D eigenvalue weighted by atomic mass is 10.1. The number of halogens is 1. The van der Waals surface area contributed by atoms with Gasteiger partial charge < -0.3 is 10.5 Å². The zero-order valence-electron chi connectivity index (χ0n) is 9.99. The molecule has 0 saturated heterocycles. The Morgan fingerprint density at radius 1 is 1.41 bits per heavy atom. The molecule has 0 unspecified atom stereocenters. The Morgan fingerprint density at radius 3 is 2.59 bits per heavy atom. The lowest BCUT2D eigenvalue weighted by Gasteiger charge is -2.05. The van der Waals surface area contributed by atoms with Gasteiger partial charge in [-0.3, -0.25) is 4.68 Å². The fraction of sp³-hybridized carbons (Fsp3) is 0.250. The maximum absolute atomic E-state index is 5.90. The van der Waals surface area contributed by atoms with Crippen molar-refractivity contribution in [3.63, 3.8) is 0 Å². The van der Waals surface area contributed by atoms with E-state index in [1.807, 2.05) is 32.2 Å². The van der Waals surface area contributed by atoms with E-state index in [9.17, 15) is 0 Å². The normalized spacial score (nSPS) is 10.6. The Kier molecular flexibility index (Phi) is 3.11. The summed E-state index contributed by atoms with van der Waals surface area (Å²) in [7, 11) is 3.48. The van der Waals surface area contributed by atoms with Crippen LogP contribution in [0.4, 0.5) is 5.82 Å². The minimum Gasteiger partial charge on any atom is -0.496 e. The van der Waals surface area contributed by atoms with Gasteiger partial charge in [-0.15, -0.1) is 0 Å². The summed E-state index contributed by atoms with van der Waals surface area (Å²) in [6.45, 7) is 1.97. The van der Waals surface area contributed by atoms with E-state index >= 15 is 0 Å². The summed E-state index contributed by atoms with van der Waals surface area (Å²) in [5.74, 6) is 1.49. The monoisotopic (exact) mass is 295 g/mol. The third-order valence-corrected chi connectivity index (χ3v) is 3.38. The van der Waals surface area contributed by atoms with Crippen molar-refractivity contribution in [2.24, 2.45) is 7.05 Å². The molecule has 5 heteroatoms. The molecule has 0 aliphatic carbocycles. The minimum absolute atomic E-state index is 0.687. The van der Waals surface area contributed by atoms with Crippen LogP contribution in [0.3, 0.4) is 0 Å². The molecular formula is C12H14BrN3O. The Morgan fingerprint density at radius 2 is 2.12 bits per heavy atom. The minimum atomic E-state index is 0.687. The topological polar surface area (TPSA) is 53.1 Å². The summed E-state index contributed by atoms with van der Waals surface area (Å²) in [6, 6.07) is 5.86. The van der Waals surface area contributed by atoms with Crippen molar-refractivity contribution in [2.45, 2.75) is 6.92 Å². The number of hydrogen-bond acceptors (Lipinski definition) is 3. The van der Waals surface area contributed by atoms with Gasteiger partial charge in [-0.05, 0) is 41.1 Å². The number of anilines is 1. The Balaban J connectivity index is 2.53. The first-order valence-electron chi connectivity index (χ1n) is 5.17. The maximum Gasteiger partial charge on any atom is 0.133 e. The molecule has 2 aromatic rings. The molecule has 1 heterocycles. The van der Waals surface area contributed by atoms with Crippen LogP contribution in [-0.2, 0) is 7.05 Å². The van der Waals surface area contributed by atoms with E-state index in [1.54, 1.807) is 11.8 Å². The molecule has 0 bridgehead atoms. The third-order valence-electron chi connectivity index (χ3n) is 2.76. The van der Waals surface area contributed by atoms with Crippen LogP contribution >= 0.6 is 15.9 Å². The first-order valence-corrected chi connectivity index (χ1v) is 5.97. The fourth-order valence-corrected chi connectivity index (χ4v) is 2.27. The van der Waals surface area contributed by atoms with Gasteiger partial charge in [-0.1, -0.05) is 0 Å². The maximum atomic E-state index is 5.90. The Bertz CT molecular complexity index is 563. The van der Waals surface area contributed by atoms with Crippen LogP contribution in [-0.4, -0.2) is 16.9 Å². The summed E-state index contributed by atoms with van der Waals surface area (Å²) in [4.78, 5) is 0. The van der Waals surface area contributed by atoms with Crippen molar-refractivity contribution in [3.05, 3.63) is 28.2 Å². The lowest BCUT2D eigenvalue weighted by molar-refractivity contribution is 0.412. The number of benzene rings is 1. The molecule has 4 nitrogen and oxygen atoms in total. The Hall–Kier alpha value is -1.49. The molecule has 0 aliphatic rings. The highest BCUT2D eigenvalue weighted by Crippen LogP contribution is 2.32. The summed E-state index contributed by atoms with van der Waals surface area (Å²) in [6.07, 6.45) is 0. The summed E-state index contributed by atoms with van der Waals surface area (Å²) in [5.41, 5.74) is 8.80. The number of methoxy groups -OCH3 is 1. The summed E-state index contributed by atoms with van der Waals surface area (Å²) >= 11 is 3.46. The van der Waals surface area contributed by atoms with Crippen LogP contribution < -0.4 is 10.5 Å². The van der Waals surface area contributed by atoms with Crippen molar-refractivity contribution in [3.8, 4) is 17.0 Å². The molecule has 0 spiro atoms.